The summed E-state index contributed by atoms with van der Waals surface area (Å²) in [5.74, 6) is 1.15. The quantitative estimate of drug-likeness (QED) is 0.901. The molecule has 0 bridgehead atoms. The van der Waals surface area contributed by atoms with Crippen LogP contribution in [-0.4, -0.2) is 21.7 Å². The molecule has 4 heteroatoms. The molecule has 0 aromatic heterocycles. The zero-order valence-corrected chi connectivity index (χ0v) is 12.1. The molecule has 0 aliphatic carbocycles. The highest BCUT2D eigenvalue weighted by molar-refractivity contribution is 8.00. The molecule has 94 valence electrons. The molecular weight excluding hydrogens is 275 g/mol. The molecule has 0 radical (unpaired) electrons. The zero-order chi connectivity index (χ0) is 12.5. The van der Waals surface area contributed by atoms with Crippen molar-refractivity contribution < 1.29 is 5.11 Å². The van der Waals surface area contributed by atoms with Crippen molar-refractivity contribution in [2.75, 3.05) is 5.75 Å². The van der Waals surface area contributed by atoms with Crippen molar-refractivity contribution in [3.8, 4) is 0 Å². The maximum absolute atomic E-state index is 10.3. The van der Waals surface area contributed by atoms with Gasteiger partial charge in [0.1, 0.15) is 0 Å². The Morgan fingerprint density at radius 1 is 1.41 bits per heavy atom. The van der Waals surface area contributed by atoms with E-state index < -0.39 is 0 Å². The lowest BCUT2D eigenvalue weighted by Crippen LogP contribution is -2.35. The summed E-state index contributed by atoms with van der Waals surface area (Å²) in [6.45, 7) is 2.15. The Bertz CT molecular complexity index is 402. The highest BCUT2D eigenvalue weighted by Crippen LogP contribution is 2.41. The standard InChI is InChI=1S/C13H16Cl2OS/c1-13(5-2-6-17-13)12(16)8-9-3-4-10(14)11(15)7-9/h3-4,7,12,16H,2,5-6,8H2,1H3. The van der Waals surface area contributed by atoms with Gasteiger partial charge in [-0.3, -0.25) is 0 Å². The Labute approximate surface area is 117 Å². The lowest BCUT2D eigenvalue weighted by atomic mass is 9.93. The highest BCUT2D eigenvalue weighted by Gasteiger charge is 2.36. The minimum Gasteiger partial charge on any atom is -0.391 e. The van der Waals surface area contributed by atoms with Crippen LogP contribution in [0.3, 0.4) is 0 Å². The smallest absolute Gasteiger partial charge is 0.0724 e. The Kier molecular flexibility index (Phi) is 4.30. The lowest BCUT2D eigenvalue weighted by Gasteiger charge is -2.29. The van der Waals surface area contributed by atoms with Crippen molar-refractivity contribution in [3.05, 3.63) is 33.8 Å². The van der Waals surface area contributed by atoms with E-state index in [1.54, 1.807) is 6.07 Å². The fourth-order valence-corrected chi connectivity index (χ4v) is 3.81. The fourth-order valence-electron chi connectivity index (χ4n) is 2.17. The van der Waals surface area contributed by atoms with Crippen LogP contribution in [-0.2, 0) is 6.42 Å². The van der Waals surface area contributed by atoms with E-state index in [1.807, 2.05) is 23.9 Å². The van der Waals surface area contributed by atoms with Gasteiger partial charge in [-0.2, -0.15) is 11.8 Å². The number of benzene rings is 1. The summed E-state index contributed by atoms with van der Waals surface area (Å²) in [5, 5.41) is 11.4. The largest absolute Gasteiger partial charge is 0.391 e. The molecule has 2 unspecified atom stereocenters. The van der Waals surface area contributed by atoms with E-state index in [9.17, 15) is 5.11 Å². The van der Waals surface area contributed by atoms with Gasteiger partial charge in [0.2, 0.25) is 0 Å². The third kappa shape index (κ3) is 3.11. The second-order valence-corrected chi connectivity index (χ2v) is 7.18. The van der Waals surface area contributed by atoms with Crippen LogP contribution in [0.4, 0.5) is 0 Å². The van der Waals surface area contributed by atoms with Gasteiger partial charge in [0.25, 0.3) is 0 Å². The third-order valence-electron chi connectivity index (χ3n) is 3.37. The number of aliphatic hydroxyl groups excluding tert-OH is 1. The van der Waals surface area contributed by atoms with Gasteiger partial charge in [0.15, 0.2) is 0 Å². The van der Waals surface area contributed by atoms with Crippen molar-refractivity contribution in [1.29, 1.82) is 0 Å². The lowest BCUT2D eigenvalue weighted by molar-refractivity contribution is 0.133. The molecule has 17 heavy (non-hydrogen) atoms. The van der Waals surface area contributed by atoms with E-state index in [1.165, 1.54) is 6.42 Å². The first-order chi connectivity index (χ1) is 8.01. The molecule has 1 aromatic carbocycles. The second-order valence-electron chi connectivity index (χ2n) is 4.73. The summed E-state index contributed by atoms with van der Waals surface area (Å²) in [7, 11) is 0. The van der Waals surface area contributed by atoms with E-state index in [-0.39, 0.29) is 10.9 Å². The molecule has 0 amide bonds. The molecule has 1 aliphatic heterocycles. The minimum absolute atomic E-state index is 0.00783. The predicted octanol–water partition coefficient (Wildman–Crippen LogP) is 4.18. The number of aliphatic hydroxyl groups is 1. The monoisotopic (exact) mass is 290 g/mol. The summed E-state index contributed by atoms with van der Waals surface area (Å²) in [5.41, 5.74) is 1.04. The predicted molar refractivity (Wildman–Crippen MR) is 76.3 cm³/mol. The fraction of sp³-hybridized carbons (Fsp3) is 0.538. The highest BCUT2D eigenvalue weighted by atomic mass is 35.5. The van der Waals surface area contributed by atoms with Gasteiger partial charge in [0.05, 0.1) is 16.1 Å². The van der Waals surface area contributed by atoms with E-state index in [0.717, 1.165) is 17.7 Å². The van der Waals surface area contributed by atoms with Crippen LogP contribution in [0.15, 0.2) is 18.2 Å². The normalized spacial score (nSPS) is 26.1. The summed E-state index contributed by atoms with van der Waals surface area (Å²) in [6, 6.07) is 5.56. The maximum Gasteiger partial charge on any atom is 0.0724 e. The first kappa shape index (κ1) is 13.5. The molecule has 2 atom stereocenters. The van der Waals surface area contributed by atoms with Crippen LogP contribution in [0.25, 0.3) is 0 Å². The average Bonchev–Trinajstić information content (AvgIpc) is 2.72. The summed E-state index contributed by atoms with van der Waals surface area (Å²) >= 11 is 13.7. The first-order valence-electron chi connectivity index (χ1n) is 5.77. The van der Waals surface area contributed by atoms with Crippen LogP contribution < -0.4 is 0 Å². The number of hydrogen-bond acceptors (Lipinski definition) is 2. The molecule has 1 aromatic rings. The van der Waals surface area contributed by atoms with E-state index >= 15 is 0 Å². The molecule has 1 saturated heterocycles. The van der Waals surface area contributed by atoms with Gasteiger partial charge in [-0.15, -0.1) is 0 Å². The molecule has 0 spiro atoms. The van der Waals surface area contributed by atoms with Crippen LogP contribution in [0, 0.1) is 0 Å². The third-order valence-corrected chi connectivity index (χ3v) is 5.73. The maximum atomic E-state index is 10.3. The topological polar surface area (TPSA) is 20.2 Å². The number of halogens is 2. The Balaban J connectivity index is 2.07. The van der Waals surface area contributed by atoms with Gasteiger partial charge >= 0.3 is 0 Å². The van der Waals surface area contributed by atoms with Gasteiger partial charge in [-0.1, -0.05) is 29.3 Å². The minimum atomic E-state index is -0.327. The molecule has 1 fully saturated rings. The van der Waals surface area contributed by atoms with Crippen molar-refractivity contribution in [3.63, 3.8) is 0 Å². The molecule has 1 heterocycles. The number of hydrogen-bond donors (Lipinski definition) is 1. The Morgan fingerprint density at radius 2 is 2.18 bits per heavy atom. The Hall–Kier alpha value is 0.110. The van der Waals surface area contributed by atoms with Crippen molar-refractivity contribution in [2.24, 2.45) is 0 Å². The van der Waals surface area contributed by atoms with Gasteiger partial charge in [-0.25, -0.2) is 0 Å². The average molecular weight is 291 g/mol. The van der Waals surface area contributed by atoms with E-state index in [4.69, 9.17) is 23.2 Å². The van der Waals surface area contributed by atoms with Crippen molar-refractivity contribution in [1.82, 2.24) is 0 Å². The zero-order valence-electron chi connectivity index (χ0n) is 9.75. The summed E-state index contributed by atoms with van der Waals surface area (Å²) in [4.78, 5) is 0. The SMILES string of the molecule is CC1(C(O)Cc2ccc(Cl)c(Cl)c2)CCCS1. The summed E-state index contributed by atoms with van der Waals surface area (Å²) in [6.07, 6.45) is 2.59. The van der Waals surface area contributed by atoms with Gasteiger partial charge in [-0.05, 0) is 49.6 Å². The van der Waals surface area contributed by atoms with E-state index in [0.29, 0.717) is 16.5 Å². The molecule has 1 N–H and O–H groups in total. The molecule has 2 rings (SSSR count). The van der Waals surface area contributed by atoms with E-state index in [2.05, 4.69) is 6.92 Å². The van der Waals surface area contributed by atoms with Crippen molar-refractivity contribution in [2.45, 2.75) is 37.0 Å². The molecule has 1 aliphatic rings. The van der Waals surface area contributed by atoms with Crippen LogP contribution in [0.1, 0.15) is 25.3 Å². The van der Waals surface area contributed by atoms with Gasteiger partial charge in [0, 0.05) is 4.75 Å². The molecule has 0 saturated carbocycles. The molecular formula is C13H16Cl2OS. The second kappa shape index (κ2) is 5.40. The molecule has 1 nitrogen and oxygen atoms in total. The van der Waals surface area contributed by atoms with Crippen molar-refractivity contribution >= 4 is 35.0 Å². The number of thioether (sulfide) groups is 1. The van der Waals surface area contributed by atoms with Crippen LogP contribution >= 0.6 is 35.0 Å². The Morgan fingerprint density at radius 3 is 2.76 bits per heavy atom. The van der Waals surface area contributed by atoms with Gasteiger partial charge < -0.3 is 5.11 Å². The summed E-state index contributed by atoms with van der Waals surface area (Å²) < 4.78 is -0.00783. The van der Waals surface area contributed by atoms with Crippen LogP contribution in [0.5, 0.6) is 0 Å². The first-order valence-corrected chi connectivity index (χ1v) is 7.51. The number of rotatable bonds is 3. The van der Waals surface area contributed by atoms with Crippen LogP contribution in [0.2, 0.25) is 10.0 Å².